The van der Waals surface area contributed by atoms with Gasteiger partial charge in [0.15, 0.2) is 11.5 Å². The number of nitrogens with one attached hydrogen (secondary N) is 3. The van der Waals surface area contributed by atoms with E-state index in [2.05, 4.69) is 19.5 Å². The summed E-state index contributed by atoms with van der Waals surface area (Å²) >= 11 is 1.26. The number of benzene rings is 3. The van der Waals surface area contributed by atoms with Gasteiger partial charge in [0.25, 0.3) is 0 Å². The van der Waals surface area contributed by atoms with Crippen molar-refractivity contribution >= 4 is 50.4 Å². The Hall–Kier alpha value is -4.15. The van der Waals surface area contributed by atoms with Crippen LogP contribution < -0.4 is 34.7 Å². The van der Waals surface area contributed by atoms with Crippen molar-refractivity contribution in [2.75, 3.05) is 19.7 Å². The first-order chi connectivity index (χ1) is 23.8. The van der Waals surface area contributed by atoms with E-state index >= 15 is 0 Å². The van der Waals surface area contributed by atoms with Gasteiger partial charge in [0.2, 0.25) is 10.0 Å². The minimum absolute atomic E-state index is 0.00916. The number of carbonyl (C=O) groups excluding carboxylic acids is 2. The van der Waals surface area contributed by atoms with Crippen LogP contribution >= 0.6 is 22.6 Å². The highest BCUT2D eigenvalue weighted by Gasteiger charge is 2.44. The number of amidine groups is 1. The molecule has 0 bridgehead atoms. The number of nitrogen functional groups attached to an aromatic ring is 1. The number of rotatable bonds is 13. The lowest BCUT2D eigenvalue weighted by atomic mass is 10.1. The molecule has 1 aliphatic heterocycles. The van der Waals surface area contributed by atoms with Gasteiger partial charge in [0, 0.05) is 0 Å². The van der Waals surface area contributed by atoms with E-state index in [1.807, 2.05) is 0 Å². The van der Waals surface area contributed by atoms with E-state index in [9.17, 15) is 44.3 Å². The minimum Gasteiger partial charge on any atom is -0.490 e. The molecule has 1 heterocycles. The van der Waals surface area contributed by atoms with E-state index < -0.39 is 79.2 Å². The molecule has 3 aromatic carbocycles. The van der Waals surface area contributed by atoms with Crippen molar-refractivity contribution in [3.8, 4) is 23.0 Å². The molecule has 1 atom stereocenters. The van der Waals surface area contributed by atoms with Crippen molar-refractivity contribution in [1.29, 1.82) is 5.41 Å². The van der Waals surface area contributed by atoms with Gasteiger partial charge in [-0.3, -0.25) is 5.41 Å². The van der Waals surface area contributed by atoms with Gasteiger partial charge in [-0.15, -0.1) is 0 Å². The molecule has 12 nitrogen and oxygen atoms in total. The minimum atomic E-state index is -5.59. The number of carbonyl (C=O) groups is 2. The number of esters is 2. The highest BCUT2D eigenvalue weighted by atomic mass is 127. The summed E-state index contributed by atoms with van der Waals surface area (Å²) < 4.78 is 128. The summed E-state index contributed by atoms with van der Waals surface area (Å²) in [6.45, 7) is 0.840. The molecular formula is C31H29F6IN4O8S. The van der Waals surface area contributed by atoms with Gasteiger partial charge in [0.05, 0.1) is 16.5 Å². The average Bonchev–Trinajstić information content (AvgIpc) is 3.06. The van der Waals surface area contributed by atoms with Crippen molar-refractivity contribution < 1.29 is 63.3 Å². The van der Waals surface area contributed by atoms with Crippen molar-refractivity contribution in [2.24, 2.45) is 5.73 Å². The molecule has 1 aliphatic rings. The molecule has 0 spiro atoms. The van der Waals surface area contributed by atoms with Crippen LogP contribution in [0.1, 0.15) is 24.0 Å². The van der Waals surface area contributed by atoms with E-state index in [-0.39, 0.29) is 17.4 Å². The summed E-state index contributed by atoms with van der Waals surface area (Å²) in [4.78, 5) is 23.4. The van der Waals surface area contributed by atoms with Gasteiger partial charge in [-0.1, -0.05) is 30.3 Å². The number of hydrogen-bond donors (Lipinski definition) is 4. The maximum atomic E-state index is 13.3. The fourth-order valence-electron chi connectivity index (χ4n) is 4.71. The van der Waals surface area contributed by atoms with Crippen molar-refractivity contribution in [1.82, 2.24) is 10.0 Å². The molecule has 0 radical (unpaired) electrons. The first kappa shape index (κ1) is 39.6. The smallest absolute Gasteiger partial charge is 0.490 e. The molecule has 0 saturated carbocycles. The Morgan fingerprint density at radius 1 is 0.941 bits per heavy atom. The maximum Gasteiger partial charge on any atom is 0.491 e. The molecule has 0 aliphatic carbocycles. The molecule has 0 amide bonds. The Bertz CT molecular complexity index is 1840. The summed E-state index contributed by atoms with van der Waals surface area (Å²) in [6.07, 6.45) is -9.64. The molecule has 51 heavy (non-hydrogen) atoms. The summed E-state index contributed by atoms with van der Waals surface area (Å²) in [6, 6.07) is 12.9. The summed E-state index contributed by atoms with van der Waals surface area (Å²) in [5.74, 6) is -9.11. The number of sulfonamides is 1. The molecule has 276 valence electrons. The Balaban J connectivity index is 1.72. The van der Waals surface area contributed by atoms with Gasteiger partial charge < -0.3 is 30.0 Å². The zero-order valence-electron chi connectivity index (χ0n) is 26.1. The standard InChI is InChI=1S/C31H29F6IN4O8S/c32-30(33,34)28(43)49-23-15-22(27(39)40)25(50-29(44)31(35,36)37)26(24(23)38)47-16-18(42-51(45,46)21-4-2-1-3-5-21)14-17-6-8-19(9-7-17)48-20-10-12-41-13-11-20/h1-9,15,18,20,41-42H,10-14,16H2,(H3,39,40)/t18-/m0/s1. The quantitative estimate of drug-likeness (QED) is 0.0474. The lowest BCUT2D eigenvalue weighted by molar-refractivity contribution is -0.190. The Kier molecular flexibility index (Phi) is 12.8. The fraction of sp³-hybridized carbons (Fsp3) is 0.323. The fourth-order valence-corrected chi connectivity index (χ4v) is 6.61. The number of hydrogen-bond acceptors (Lipinski definition) is 10. The predicted molar refractivity (Wildman–Crippen MR) is 176 cm³/mol. The first-order valence-electron chi connectivity index (χ1n) is 14.8. The van der Waals surface area contributed by atoms with Crippen LogP contribution in [0, 0.1) is 8.98 Å². The number of piperidine rings is 1. The lowest BCUT2D eigenvalue weighted by Crippen LogP contribution is -2.40. The molecule has 1 fully saturated rings. The van der Waals surface area contributed by atoms with Gasteiger partial charge in [-0.05, 0) is 90.8 Å². The number of halogens is 7. The van der Waals surface area contributed by atoms with Crippen LogP contribution in [0.15, 0.2) is 65.6 Å². The Morgan fingerprint density at radius 3 is 2.10 bits per heavy atom. The van der Waals surface area contributed by atoms with Crippen LogP contribution in [0.5, 0.6) is 23.0 Å². The molecule has 0 aromatic heterocycles. The van der Waals surface area contributed by atoms with E-state index in [0.29, 0.717) is 17.4 Å². The van der Waals surface area contributed by atoms with Crippen molar-refractivity contribution in [3.05, 3.63) is 75.4 Å². The van der Waals surface area contributed by atoms with Crippen LogP contribution in [0.2, 0.25) is 0 Å². The summed E-state index contributed by atoms with van der Waals surface area (Å²) in [5, 5.41) is 11.0. The van der Waals surface area contributed by atoms with Crippen LogP contribution in [-0.2, 0) is 26.0 Å². The van der Waals surface area contributed by atoms with Gasteiger partial charge in [-0.25, -0.2) is 22.7 Å². The van der Waals surface area contributed by atoms with E-state index in [0.717, 1.165) is 25.9 Å². The third-order valence-corrected chi connectivity index (χ3v) is 9.65. The second-order valence-electron chi connectivity index (χ2n) is 10.9. The second kappa shape index (κ2) is 16.5. The predicted octanol–water partition coefficient (Wildman–Crippen LogP) is 4.61. The lowest BCUT2D eigenvalue weighted by Gasteiger charge is -2.24. The van der Waals surface area contributed by atoms with Gasteiger partial charge in [0.1, 0.15) is 33.6 Å². The normalized spacial score (nSPS) is 14.7. The zero-order chi connectivity index (χ0) is 37.6. The third kappa shape index (κ3) is 10.9. The zero-order valence-corrected chi connectivity index (χ0v) is 29.0. The molecule has 3 aromatic rings. The number of alkyl halides is 6. The van der Waals surface area contributed by atoms with Gasteiger partial charge >= 0.3 is 24.3 Å². The van der Waals surface area contributed by atoms with E-state index in [1.165, 1.54) is 46.9 Å². The molecule has 5 N–H and O–H groups in total. The highest BCUT2D eigenvalue weighted by molar-refractivity contribution is 14.1. The molecule has 0 unspecified atom stereocenters. The van der Waals surface area contributed by atoms with Crippen LogP contribution in [0.3, 0.4) is 0 Å². The summed E-state index contributed by atoms with van der Waals surface area (Å²) in [5.41, 5.74) is 5.10. The van der Waals surface area contributed by atoms with E-state index in [1.54, 1.807) is 30.3 Å². The van der Waals surface area contributed by atoms with Gasteiger partial charge in [-0.2, -0.15) is 26.3 Å². The second-order valence-corrected chi connectivity index (χ2v) is 13.7. The first-order valence-corrected chi connectivity index (χ1v) is 17.4. The summed E-state index contributed by atoms with van der Waals surface area (Å²) in [7, 11) is -4.28. The SMILES string of the molecule is N=C(N)c1cc(OC(=O)C(F)(F)F)c(I)c(OC[C@H](Cc2ccc(OC3CCNCC3)cc2)NS(=O)(=O)c2ccccc2)c1OC(=O)C(F)(F)F. The van der Waals surface area contributed by atoms with E-state index in [4.69, 9.17) is 20.6 Å². The van der Waals surface area contributed by atoms with Crippen LogP contribution in [0.25, 0.3) is 0 Å². The number of ether oxygens (including phenoxy) is 4. The third-order valence-electron chi connectivity index (χ3n) is 7.09. The maximum absolute atomic E-state index is 13.3. The van der Waals surface area contributed by atoms with Crippen LogP contribution in [0.4, 0.5) is 26.3 Å². The molecule has 4 rings (SSSR count). The Morgan fingerprint density at radius 2 is 1.53 bits per heavy atom. The molecule has 1 saturated heterocycles. The highest BCUT2D eigenvalue weighted by Crippen LogP contribution is 2.43. The van der Waals surface area contributed by atoms with Crippen molar-refractivity contribution in [3.63, 3.8) is 0 Å². The van der Waals surface area contributed by atoms with Crippen LogP contribution in [-0.4, -0.2) is 70.4 Å². The number of nitrogens with two attached hydrogens (primary N) is 1. The monoisotopic (exact) mass is 858 g/mol. The topological polar surface area (TPSA) is 179 Å². The average molecular weight is 859 g/mol. The van der Waals surface area contributed by atoms with Crippen molar-refractivity contribution in [2.45, 2.75) is 48.7 Å². The molecule has 20 heteroatoms. The largest absolute Gasteiger partial charge is 0.491 e. The molecular weight excluding hydrogens is 829 g/mol. The Labute approximate surface area is 300 Å².